The van der Waals surface area contributed by atoms with Gasteiger partial charge >= 0.3 is 5.97 Å². The third-order valence-electron chi connectivity index (χ3n) is 3.55. The van der Waals surface area contributed by atoms with Crippen molar-refractivity contribution in [1.82, 2.24) is 4.57 Å². The average molecular weight is 245 g/mol. The van der Waals surface area contributed by atoms with Crippen molar-refractivity contribution in [3.63, 3.8) is 0 Å². The summed E-state index contributed by atoms with van der Waals surface area (Å²) in [6, 6.07) is 8.23. The Morgan fingerprint density at radius 3 is 2.56 bits per heavy atom. The fraction of sp³-hybridized carbons (Fsp3) is 0.400. The second-order valence-electron chi connectivity index (χ2n) is 5.27. The molecule has 0 bridgehead atoms. The quantitative estimate of drug-likeness (QED) is 0.901. The highest BCUT2D eigenvalue weighted by Gasteiger charge is 2.33. The van der Waals surface area contributed by atoms with Crippen LogP contribution < -0.4 is 0 Å². The summed E-state index contributed by atoms with van der Waals surface area (Å²) in [5, 5.41) is 10.5. The fourth-order valence-electron chi connectivity index (χ4n) is 2.36. The molecule has 0 radical (unpaired) electrons. The summed E-state index contributed by atoms with van der Waals surface area (Å²) >= 11 is 0. The number of aryl methyl sites for hydroxylation is 2. The zero-order chi connectivity index (χ0) is 13.5. The SMILES string of the molecule is CCn1c(C(C)(C)C(=O)O)cc2cc(C)ccc21. The molecule has 0 amide bonds. The van der Waals surface area contributed by atoms with Crippen molar-refractivity contribution >= 4 is 16.9 Å². The van der Waals surface area contributed by atoms with E-state index in [1.54, 1.807) is 13.8 Å². The van der Waals surface area contributed by atoms with Crippen LogP contribution in [0.3, 0.4) is 0 Å². The molecule has 1 N–H and O–H groups in total. The van der Waals surface area contributed by atoms with Crippen LogP contribution in [-0.2, 0) is 16.8 Å². The van der Waals surface area contributed by atoms with Crippen LogP contribution in [0, 0.1) is 6.92 Å². The lowest BCUT2D eigenvalue weighted by atomic mass is 9.89. The summed E-state index contributed by atoms with van der Waals surface area (Å²) in [7, 11) is 0. The van der Waals surface area contributed by atoms with Gasteiger partial charge in [-0.2, -0.15) is 0 Å². The topological polar surface area (TPSA) is 42.2 Å². The van der Waals surface area contributed by atoms with Crippen LogP contribution >= 0.6 is 0 Å². The van der Waals surface area contributed by atoms with Gasteiger partial charge in [0, 0.05) is 23.1 Å². The van der Waals surface area contributed by atoms with Gasteiger partial charge in [-0.15, -0.1) is 0 Å². The van der Waals surface area contributed by atoms with Crippen molar-refractivity contribution in [2.75, 3.05) is 0 Å². The van der Waals surface area contributed by atoms with Crippen LogP contribution in [0.2, 0.25) is 0 Å². The molecular weight excluding hydrogens is 226 g/mol. The maximum atomic E-state index is 11.4. The van der Waals surface area contributed by atoms with Crippen molar-refractivity contribution in [2.45, 2.75) is 39.7 Å². The second kappa shape index (κ2) is 4.16. The Balaban J connectivity index is 2.75. The number of carboxylic acids is 1. The van der Waals surface area contributed by atoms with Crippen molar-refractivity contribution < 1.29 is 9.90 Å². The summed E-state index contributed by atoms with van der Waals surface area (Å²) in [4.78, 5) is 11.4. The minimum absolute atomic E-state index is 0.776. The van der Waals surface area contributed by atoms with Crippen LogP contribution in [0.15, 0.2) is 24.3 Å². The Morgan fingerprint density at radius 2 is 2.00 bits per heavy atom. The van der Waals surface area contributed by atoms with Crippen molar-refractivity contribution in [1.29, 1.82) is 0 Å². The standard InChI is InChI=1S/C15H19NO2/c1-5-16-12-7-6-10(2)8-11(12)9-13(16)15(3,4)14(17)18/h6-9H,5H2,1-4H3,(H,17,18). The van der Waals surface area contributed by atoms with E-state index in [1.165, 1.54) is 5.56 Å². The molecule has 3 nitrogen and oxygen atoms in total. The molecule has 0 spiro atoms. The molecule has 0 atom stereocenters. The summed E-state index contributed by atoms with van der Waals surface area (Å²) in [6.45, 7) is 8.37. The summed E-state index contributed by atoms with van der Waals surface area (Å²) in [5.41, 5.74) is 2.28. The maximum Gasteiger partial charge on any atom is 0.315 e. The first-order chi connectivity index (χ1) is 8.37. The number of aliphatic carboxylic acids is 1. The number of hydrogen-bond acceptors (Lipinski definition) is 1. The van der Waals surface area contributed by atoms with Crippen LogP contribution in [-0.4, -0.2) is 15.6 Å². The zero-order valence-electron chi connectivity index (χ0n) is 11.3. The number of nitrogens with zero attached hydrogens (tertiary/aromatic N) is 1. The number of benzene rings is 1. The Morgan fingerprint density at radius 1 is 1.33 bits per heavy atom. The molecule has 96 valence electrons. The maximum absolute atomic E-state index is 11.4. The molecule has 0 aliphatic heterocycles. The first kappa shape index (κ1) is 12.7. The lowest BCUT2D eigenvalue weighted by molar-refractivity contribution is -0.142. The number of carboxylic acid groups (broad SMARTS) is 1. The smallest absolute Gasteiger partial charge is 0.315 e. The van der Waals surface area contributed by atoms with Gasteiger partial charge in [0.2, 0.25) is 0 Å². The van der Waals surface area contributed by atoms with Crippen LogP contribution in [0.4, 0.5) is 0 Å². The molecule has 1 aromatic heterocycles. The predicted octanol–water partition coefficient (Wildman–Crippen LogP) is 3.33. The van der Waals surface area contributed by atoms with Crippen molar-refractivity contribution in [3.8, 4) is 0 Å². The molecule has 0 fully saturated rings. The van der Waals surface area contributed by atoms with E-state index in [9.17, 15) is 9.90 Å². The number of aromatic nitrogens is 1. The summed E-state index contributed by atoms with van der Waals surface area (Å²) < 4.78 is 2.09. The van der Waals surface area contributed by atoms with Crippen LogP contribution in [0.5, 0.6) is 0 Å². The van der Waals surface area contributed by atoms with E-state index in [0.717, 1.165) is 23.1 Å². The van der Waals surface area contributed by atoms with Crippen molar-refractivity contribution in [2.24, 2.45) is 0 Å². The van der Waals surface area contributed by atoms with E-state index < -0.39 is 11.4 Å². The third-order valence-corrected chi connectivity index (χ3v) is 3.55. The van der Waals surface area contributed by atoms with Gasteiger partial charge in [0.15, 0.2) is 0 Å². The summed E-state index contributed by atoms with van der Waals surface area (Å²) in [6.07, 6.45) is 0. The molecule has 3 heteroatoms. The predicted molar refractivity (Wildman–Crippen MR) is 73.0 cm³/mol. The molecule has 0 aliphatic rings. The molecule has 1 aromatic carbocycles. The first-order valence-electron chi connectivity index (χ1n) is 6.21. The third kappa shape index (κ3) is 1.80. The van der Waals surface area contributed by atoms with Gasteiger partial charge in [-0.1, -0.05) is 11.6 Å². The van der Waals surface area contributed by atoms with Gasteiger partial charge in [0.05, 0.1) is 0 Å². The summed E-state index contributed by atoms with van der Waals surface area (Å²) in [5.74, 6) is -0.795. The molecule has 2 rings (SSSR count). The molecule has 0 aliphatic carbocycles. The highest BCUT2D eigenvalue weighted by Crippen LogP contribution is 2.30. The monoisotopic (exact) mass is 245 g/mol. The fourth-order valence-corrected chi connectivity index (χ4v) is 2.36. The molecule has 1 heterocycles. The van der Waals surface area contributed by atoms with E-state index in [0.29, 0.717) is 0 Å². The number of carbonyl (C=O) groups is 1. The van der Waals surface area contributed by atoms with Gasteiger partial charge in [-0.25, -0.2) is 0 Å². The molecule has 0 saturated carbocycles. The number of rotatable bonds is 3. The second-order valence-corrected chi connectivity index (χ2v) is 5.27. The lowest BCUT2D eigenvalue weighted by Crippen LogP contribution is -2.31. The normalized spacial score (nSPS) is 12.0. The van der Waals surface area contributed by atoms with Gasteiger partial charge in [-0.3, -0.25) is 4.79 Å². The van der Waals surface area contributed by atoms with E-state index >= 15 is 0 Å². The minimum Gasteiger partial charge on any atom is -0.481 e. The highest BCUT2D eigenvalue weighted by molar-refractivity contribution is 5.87. The Labute approximate surface area is 107 Å². The molecular formula is C15H19NO2. The van der Waals surface area contributed by atoms with Gasteiger partial charge < -0.3 is 9.67 Å². The number of hydrogen-bond donors (Lipinski definition) is 1. The van der Waals surface area contributed by atoms with E-state index in [4.69, 9.17) is 0 Å². The molecule has 0 saturated heterocycles. The van der Waals surface area contributed by atoms with Gasteiger partial charge in [0.25, 0.3) is 0 Å². The Kier molecular flexibility index (Phi) is 2.93. The van der Waals surface area contributed by atoms with E-state index in [-0.39, 0.29) is 0 Å². The van der Waals surface area contributed by atoms with Gasteiger partial charge in [0.1, 0.15) is 5.41 Å². The van der Waals surface area contributed by atoms with E-state index in [1.807, 2.05) is 19.9 Å². The molecule has 2 aromatic rings. The van der Waals surface area contributed by atoms with Crippen molar-refractivity contribution in [3.05, 3.63) is 35.5 Å². The molecule has 18 heavy (non-hydrogen) atoms. The highest BCUT2D eigenvalue weighted by atomic mass is 16.4. The Hall–Kier alpha value is -1.77. The van der Waals surface area contributed by atoms with Crippen LogP contribution in [0.25, 0.3) is 10.9 Å². The first-order valence-corrected chi connectivity index (χ1v) is 6.21. The minimum atomic E-state index is -0.872. The Bertz CT molecular complexity index is 608. The number of fused-ring (bicyclic) bond motifs is 1. The van der Waals surface area contributed by atoms with Gasteiger partial charge in [-0.05, 0) is 45.9 Å². The lowest BCUT2D eigenvalue weighted by Gasteiger charge is -2.21. The zero-order valence-corrected chi connectivity index (χ0v) is 11.3. The average Bonchev–Trinajstić information content (AvgIpc) is 2.66. The molecule has 0 unspecified atom stereocenters. The van der Waals surface area contributed by atoms with E-state index in [2.05, 4.69) is 22.8 Å². The van der Waals surface area contributed by atoms with Crippen LogP contribution in [0.1, 0.15) is 32.0 Å². The largest absolute Gasteiger partial charge is 0.481 e.